The van der Waals surface area contributed by atoms with Crippen LogP contribution in [0, 0.1) is 0 Å². The van der Waals surface area contributed by atoms with Crippen molar-refractivity contribution in [1.29, 1.82) is 0 Å². The number of carbonyl (C=O) groups excluding carboxylic acids is 3. The Labute approximate surface area is 239 Å². The second-order valence-corrected chi connectivity index (χ2v) is 8.29. The number of rotatable bonds is 9. The van der Waals surface area contributed by atoms with E-state index in [1.54, 1.807) is 73.7 Å². The first-order chi connectivity index (χ1) is 17.4. The van der Waals surface area contributed by atoms with E-state index in [1.807, 2.05) is 0 Å². The topological polar surface area (TPSA) is 119 Å². The standard InChI is InChI=1S/C27H22N2O6S.Na/c1-3-35-27(33)18-6-4-16(5-7-18)14-21(25(30)17-8-11-20(34-2)12-9-17)24(26(31)32)19-10-13-22-23(15-19)29-36-28-22;/h4-13,15H,3,14H2,1-2H3,(H,31,32);/q;+1/p-1/b24-21+;. The molecule has 0 atom stereocenters. The van der Waals surface area contributed by atoms with Crippen LogP contribution in [-0.2, 0) is 16.0 Å². The van der Waals surface area contributed by atoms with Crippen LogP contribution in [-0.4, -0.2) is 40.2 Å². The number of esters is 1. The zero-order chi connectivity index (χ0) is 25.7. The number of ketones is 1. The minimum absolute atomic E-state index is 0. The molecule has 4 aromatic rings. The molecule has 10 heteroatoms. The third-order valence-corrected chi connectivity index (χ3v) is 6.08. The number of allylic oxidation sites excluding steroid dienone is 1. The van der Waals surface area contributed by atoms with Crippen molar-refractivity contribution in [3.05, 3.63) is 94.6 Å². The summed E-state index contributed by atoms with van der Waals surface area (Å²) >= 11 is 1.01. The first-order valence-electron chi connectivity index (χ1n) is 11.0. The number of carboxylic acid groups (broad SMARTS) is 1. The van der Waals surface area contributed by atoms with E-state index in [1.165, 1.54) is 7.11 Å². The largest absolute Gasteiger partial charge is 1.00 e. The van der Waals surface area contributed by atoms with Gasteiger partial charge < -0.3 is 19.4 Å². The molecule has 37 heavy (non-hydrogen) atoms. The number of benzene rings is 3. The fraction of sp³-hybridized carbons (Fsp3) is 0.148. The van der Waals surface area contributed by atoms with Crippen molar-refractivity contribution in [2.24, 2.45) is 0 Å². The van der Waals surface area contributed by atoms with Crippen LogP contribution < -0.4 is 39.4 Å². The van der Waals surface area contributed by atoms with Gasteiger partial charge in [-0.25, -0.2) is 4.79 Å². The number of carboxylic acids is 1. The maximum atomic E-state index is 13.7. The molecule has 0 aliphatic heterocycles. The zero-order valence-electron chi connectivity index (χ0n) is 20.5. The molecule has 182 valence electrons. The monoisotopic (exact) mass is 524 g/mol. The van der Waals surface area contributed by atoms with Crippen LogP contribution in [0.3, 0.4) is 0 Å². The van der Waals surface area contributed by atoms with Crippen molar-refractivity contribution in [3.63, 3.8) is 0 Å². The second-order valence-electron chi connectivity index (χ2n) is 7.76. The summed E-state index contributed by atoms with van der Waals surface area (Å²) in [5, 5.41) is 12.4. The van der Waals surface area contributed by atoms with Gasteiger partial charge >= 0.3 is 35.5 Å². The van der Waals surface area contributed by atoms with E-state index in [-0.39, 0.29) is 59.3 Å². The summed E-state index contributed by atoms with van der Waals surface area (Å²) in [6.07, 6.45) is -0.00929. The smallest absolute Gasteiger partial charge is 0.545 e. The first-order valence-corrected chi connectivity index (χ1v) is 11.8. The molecule has 0 amide bonds. The normalized spacial score (nSPS) is 11.3. The molecule has 0 saturated carbocycles. The average Bonchev–Trinajstić information content (AvgIpc) is 3.36. The van der Waals surface area contributed by atoms with Gasteiger partial charge in [0.1, 0.15) is 16.8 Å². The average molecular weight is 525 g/mol. The molecule has 0 saturated heterocycles. The van der Waals surface area contributed by atoms with Crippen molar-refractivity contribution in [1.82, 2.24) is 8.75 Å². The van der Waals surface area contributed by atoms with Gasteiger partial charge in [0, 0.05) is 23.1 Å². The SMILES string of the molecule is CCOC(=O)c1ccc(C/C(C(=O)c2ccc(OC)cc2)=C(\C(=O)[O-])c2ccc3nsnc3c2)cc1.[Na+]. The third-order valence-electron chi connectivity index (χ3n) is 5.52. The molecule has 0 spiro atoms. The molecular weight excluding hydrogens is 503 g/mol. The molecule has 8 nitrogen and oxygen atoms in total. The summed E-state index contributed by atoms with van der Waals surface area (Å²) in [7, 11) is 1.51. The number of aliphatic carboxylic acids is 1. The molecule has 1 heterocycles. The van der Waals surface area contributed by atoms with E-state index in [9.17, 15) is 19.5 Å². The van der Waals surface area contributed by atoms with E-state index in [0.29, 0.717) is 33.5 Å². The fourth-order valence-corrected chi connectivity index (χ4v) is 4.25. The van der Waals surface area contributed by atoms with Gasteiger partial charge in [0.05, 0.1) is 37.0 Å². The number of Topliss-reactive ketones (excluding diaryl/α,β-unsaturated/α-hetero) is 1. The van der Waals surface area contributed by atoms with E-state index in [4.69, 9.17) is 9.47 Å². The number of fused-ring (bicyclic) bond motifs is 1. The molecule has 0 fully saturated rings. The van der Waals surface area contributed by atoms with Crippen LogP contribution in [0.5, 0.6) is 5.75 Å². The van der Waals surface area contributed by atoms with Gasteiger partial charge in [0.25, 0.3) is 0 Å². The molecule has 0 bridgehead atoms. The number of carbonyl (C=O) groups is 3. The van der Waals surface area contributed by atoms with Crippen molar-refractivity contribution >= 4 is 46.1 Å². The van der Waals surface area contributed by atoms with E-state index < -0.39 is 17.7 Å². The predicted octanol–water partition coefficient (Wildman–Crippen LogP) is 0.510. The van der Waals surface area contributed by atoms with Crippen molar-refractivity contribution in [2.45, 2.75) is 13.3 Å². The van der Waals surface area contributed by atoms with Crippen molar-refractivity contribution in [2.75, 3.05) is 13.7 Å². The first kappa shape index (κ1) is 28.2. The second kappa shape index (κ2) is 12.7. The Morgan fingerprint density at radius 2 is 1.49 bits per heavy atom. The molecule has 1 aromatic heterocycles. The zero-order valence-corrected chi connectivity index (χ0v) is 23.3. The molecule has 0 aliphatic rings. The minimum Gasteiger partial charge on any atom is -0.545 e. The predicted molar refractivity (Wildman–Crippen MR) is 133 cm³/mol. The van der Waals surface area contributed by atoms with E-state index >= 15 is 0 Å². The number of hydrogen-bond donors (Lipinski definition) is 0. The fourth-order valence-electron chi connectivity index (χ4n) is 3.73. The van der Waals surface area contributed by atoms with Gasteiger partial charge in [-0.3, -0.25) is 4.79 Å². The van der Waals surface area contributed by atoms with Crippen LogP contribution in [0.4, 0.5) is 0 Å². The van der Waals surface area contributed by atoms with Crippen LogP contribution in [0.2, 0.25) is 0 Å². The van der Waals surface area contributed by atoms with Crippen LogP contribution in [0.15, 0.2) is 72.3 Å². The van der Waals surface area contributed by atoms with Crippen LogP contribution in [0.1, 0.15) is 38.8 Å². The number of hydrogen-bond acceptors (Lipinski definition) is 9. The number of nitrogens with zero attached hydrogens (tertiary/aromatic N) is 2. The van der Waals surface area contributed by atoms with Crippen LogP contribution in [0.25, 0.3) is 16.6 Å². The van der Waals surface area contributed by atoms with Gasteiger partial charge in [0.15, 0.2) is 5.78 Å². The van der Waals surface area contributed by atoms with Gasteiger partial charge in [-0.1, -0.05) is 18.2 Å². The summed E-state index contributed by atoms with van der Waals surface area (Å²) in [6.45, 7) is 1.96. The van der Waals surface area contributed by atoms with Crippen molar-refractivity contribution < 1.29 is 58.5 Å². The van der Waals surface area contributed by atoms with Gasteiger partial charge in [0.2, 0.25) is 0 Å². The van der Waals surface area contributed by atoms with Gasteiger partial charge in [-0.05, 0) is 66.6 Å². The Hall–Kier alpha value is -3.37. The summed E-state index contributed by atoms with van der Waals surface area (Å²) in [5.74, 6) is -1.86. The summed E-state index contributed by atoms with van der Waals surface area (Å²) in [4.78, 5) is 38.1. The molecule has 0 radical (unpaired) electrons. The van der Waals surface area contributed by atoms with E-state index in [0.717, 1.165) is 11.7 Å². The molecule has 4 rings (SSSR count). The Bertz CT molecular complexity index is 1460. The quantitative estimate of drug-likeness (QED) is 0.135. The summed E-state index contributed by atoms with van der Waals surface area (Å²) in [5.41, 5.74) is 2.51. The maximum absolute atomic E-state index is 13.7. The molecule has 0 unspecified atom stereocenters. The minimum atomic E-state index is -1.49. The Balaban J connectivity index is 0.00000380. The Kier molecular flexibility index (Phi) is 9.71. The van der Waals surface area contributed by atoms with E-state index in [2.05, 4.69) is 8.75 Å². The maximum Gasteiger partial charge on any atom is 1.00 e. The third kappa shape index (κ3) is 6.50. The number of aromatic nitrogens is 2. The molecular formula is C27H21N2NaO6S. The molecule has 0 aliphatic carbocycles. The molecule has 0 N–H and O–H groups in total. The summed E-state index contributed by atoms with van der Waals surface area (Å²) < 4.78 is 18.5. The summed E-state index contributed by atoms with van der Waals surface area (Å²) in [6, 6.07) is 17.7. The number of methoxy groups -OCH3 is 1. The van der Waals surface area contributed by atoms with Crippen molar-refractivity contribution in [3.8, 4) is 5.75 Å². The van der Waals surface area contributed by atoms with Crippen LogP contribution >= 0.6 is 11.7 Å². The number of ether oxygens (including phenoxy) is 2. The Morgan fingerprint density at radius 3 is 2.11 bits per heavy atom. The Morgan fingerprint density at radius 1 is 0.865 bits per heavy atom. The van der Waals surface area contributed by atoms with Gasteiger partial charge in [-0.2, -0.15) is 8.75 Å². The van der Waals surface area contributed by atoms with Gasteiger partial charge in [-0.15, -0.1) is 0 Å². The molecule has 3 aromatic carbocycles.